The molecule has 146 valence electrons. The van der Waals surface area contributed by atoms with E-state index in [0.717, 1.165) is 11.1 Å². The van der Waals surface area contributed by atoms with Crippen LogP contribution in [-0.2, 0) is 27.1 Å². The molecule has 0 radical (unpaired) electrons. The van der Waals surface area contributed by atoms with Gasteiger partial charge in [0.05, 0.1) is 25.9 Å². The molecule has 0 fully saturated rings. The first-order chi connectivity index (χ1) is 13.2. The number of carbonyl (C=O) groups excluding carboxylic acids is 1. The summed E-state index contributed by atoms with van der Waals surface area (Å²) in [6.45, 7) is 4.08. The molecule has 27 heavy (non-hydrogen) atoms. The average molecular weight is 371 g/mol. The number of nitrogens with one attached hydrogen (secondary N) is 1. The van der Waals surface area contributed by atoms with Gasteiger partial charge in [0, 0.05) is 13.0 Å². The summed E-state index contributed by atoms with van der Waals surface area (Å²) in [5.74, 6) is 0.242. The summed E-state index contributed by atoms with van der Waals surface area (Å²) in [6.07, 6.45) is 1.80. The topological polar surface area (TPSA) is 67.8 Å². The van der Waals surface area contributed by atoms with Gasteiger partial charge in [0.15, 0.2) is 0 Å². The number of phenols is 1. The Morgan fingerprint density at radius 3 is 2.41 bits per heavy atom. The second-order valence-electron chi connectivity index (χ2n) is 6.39. The fraction of sp³-hybridized carbons (Fsp3) is 0.409. The molecule has 2 rings (SSSR count). The monoisotopic (exact) mass is 371 g/mol. The molecule has 0 saturated carbocycles. The number of ether oxygens (including phenoxy) is 2. The Hall–Kier alpha value is -2.37. The van der Waals surface area contributed by atoms with E-state index in [1.54, 1.807) is 12.1 Å². The number of carbonyl (C=O) groups is 1. The van der Waals surface area contributed by atoms with E-state index in [2.05, 4.69) is 5.32 Å². The molecule has 2 aromatic carbocycles. The highest BCUT2D eigenvalue weighted by Gasteiger charge is 2.14. The summed E-state index contributed by atoms with van der Waals surface area (Å²) < 4.78 is 10.9. The number of aryl methyl sites for hydroxylation is 1. The minimum absolute atomic E-state index is 0.0102. The molecule has 1 amide bonds. The van der Waals surface area contributed by atoms with Crippen LogP contribution < -0.4 is 5.32 Å². The molecule has 0 heterocycles. The van der Waals surface area contributed by atoms with E-state index < -0.39 is 0 Å². The number of rotatable bonds is 12. The molecule has 5 heteroatoms. The largest absolute Gasteiger partial charge is 0.508 e. The highest BCUT2D eigenvalue weighted by molar-refractivity contribution is 5.76. The van der Waals surface area contributed by atoms with Crippen molar-refractivity contribution in [3.8, 4) is 5.75 Å². The summed E-state index contributed by atoms with van der Waals surface area (Å²) in [5.41, 5.74) is 2.19. The number of amides is 1. The first-order valence-corrected chi connectivity index (χ1v) is 9.44. The quantitative estimate of drug-likeness (QED) is 0.563. The van der Waals surface area contributed by atoms with Crippen molar-refractivity contribution in [3.63, 3.8) is 0 Å². The van der Waals surface area contributed by atoms with Gasteiger partial charge >= 0.3 is 0 Å². The van der Waals surface area contributed by atoms with Gasteiger partial charge in [-0.1, -0.05) is 42.5 Å². The van der Waals surface area contributed by atoms with Gasteiger partial charge in [-0.3, -0.25) is 4.79 Å². The van der Waals surface area contributed by atoms with Crippen molar-refractivity contribution in [1.29, 1.82) is 0 Å². The SMILES string of the molecule is CCOCCOCC(Cc1ccc(O)cc1)NC(=O)CCc1ccccc1. The molecule has 0 saturated heterocycles. The van der Waals surface area contributed by atoms with Crippen molar-refractivity contribution >= 4 is 5.91 Å². The van der Waals surface area contributed by atoms with Crippen molar-refractivity contribution in [2.75, 3.05) is 26.4 Å². The van der Waals surface area contributed by atoms with E-state index in [1.165, 1.54) is 0 Å². The van der Waals surface area contributed by atoms with E-state index in [-0.39, 0.29) is 17.7 Å². The van der Waals surface area contributed by atoms with Crippen LogP contribution in [-0.4, -0.2) is 43.5 Å². The molecule has 0 spiro atoms. The van der Waals surface area contributed by atoms with Crippen LogP contribution in [0, 0.1) is 0 Å². The first kappa shape index (κ1) is 20.9. The van der Waals surface area contributed by atoms with Gasteiger partial charge < -0.3 is 19.9 Å². The van der Waals surface area contributed by atoms with E-state index in [9.17, 15) is 9.90 Å². The van der Waals surface area contributed by atoms with Crippen molar-refractivity contribution in [2.24, 2.45) is 0 Å². The lowest BCUT2D eigenvalue weighted by atomic mass is 10.1. The predicted octanol–water partition coefficient (Wildman–Crippen LogP) is 3.11. The van der Waals surface area contributed by atoms with Gasteiger partial charge in [-0.2, -0.15) is 0 Å². The molecule has 0 bridgehead atoms. The molecular weight excluding hydrogens is 342 g/mol. The van der Waals surface area contributed by atoms with Crippen LogP contribution in [0.3, 0.4) is 0 Å². The first-order valence-electron chi connectivity index (χ1n) is 9.44. The standard InChI is InChI=1S/C22H29NO4/c1-2-26-14-15-27-17-20(16-19-8-11-21(24)12-9-19)23-22(25)13-10-18-6-4-3-5-7-18/h3-9,11-12,20,24H,2,10,13-17H2,1H3,(H,23,25). The fourth-order valence-electron chi connectivity index (χ4n) is 2.76. The van der Waals surface area contributed by atoms with Crippen LogP contribution in [0.5, 0.6) is 5.75 Å². The number of aromatic hydroxyl groups is 1. The maximum absolute atomic E-state index is 12.4. The lowest BCUT2D eigenvalue weighted by Gasteiger charge is -2.19. The minimum Gasteiger partial charge on any atom is -0.508 e. The summed E-state index contributed by atoms with van der Waals surface area (Å²) in [5, 5.41) is 12.5. The van der Waals surface area contributed by atoms with Gasteiger partial charge in [-0.15, -0.1) is 0 Å². The summed E-state index contributed by atoms with van der Waals surface area (Å²) in [7, 11) is 0. The molecule has 2 N–H and O–H groups in total. The zero-order valence-corrected chi connectivity index (χ0v) is 15.9. The van der Waals surface area contributed by atoms with Gasteiger partial charge in [-0.05, 0) is 43.0 Å². The summed E-state index contributed by atoms with van der Waals surface area (Å²) in [6, 6.07) is 16.9. The molecule has 2 aromatic rings. The normalized spacial score (nSPS) is 11.9. The Bertz CT molecular complexity index is 658. The van der Waals surface area contributed by atoms with E-state index in [1.807, 2.05) is 49.4 Å². The molecule has 1 unspecified atom stereocenters. The van der Waals surface area contributed by atoms with Crippen molar-refractivity contribution in [2.45, 2.75) is 32.2 Å². The molecule has 0 aliphatic rings. The third kappa shape index (κ3) is 8.71. The highest BCUT2D eigenvalue weighted by atomic mass is 16.5. The lowest BCUT2D eigenvalue weighted by molar-refractivity contribution is -0.122. The van der Waals surface area contributed by atoms with Crippen LogP contribution in [0.2, 0.25) is 0 Å². The van der Waals surface area contributed by atoms with Crippen molar-refractivity contribution in [3.05, 3.63) is 65.7 Å². The highest BCUT2D eigenvalue weighted by Crippen LogP contribution is 2.12. The maximum atomic E-state index is 12.4. The van der Waals surface area contributed by atoms with Crippen molar-refractivity contribution < 1.29 is 19.4 Å². The number of phenolic OH excluding ortho intramolecular Hbond substituents is 1. The second-order valence-corrected chi connectivity index (χ2v) is 6.39. The summed E-state index contributed by atoms with van der Waals surface area (Å²) >= 11 is 0. The Balaban J connectivity index is 1.85. The van der Waals surface area contributed by atoms with Crippen LogP contribution >= 0.6 is 0 Å². The third-order valence-corrected chi connectivity index (χ3v) is 4.16. The van der Waals surface area contributed by atoms with Crippen molar-refractivity contribution in [1.82, 2.24) is 5.32 Å². The molecule has 1 atom stereocenters. The van der Waals surface area contributed by atoms with E-state index >= 15 is 0 Å². The van der Waals surface area contributed by atoms with Gasteiger partial charge in [0.25, 0.3) is 0 Å². The Kier molecular flexibility index (Phi) is 9.38. The number of benzene rings is 2. The zero-order chi connectivity index (χ0) is 19.3. The number of hydrogen-bond acceptors (Lipinski definition) is 4. The van der Waals surface area contributed by atoms with E-state index in [0.29, 0.717) is 45.7 Å². The smallest absolute Gasteiger partial charge is 0.220 e. The molecule has 0 aliphatic heterocycles. The van der Waals surface area contributed by atoms with E-state index in [4.69, 9.17) is 9.47 Å². The zero-order valence-electron chi connectivity index (χ0n) is 15.9. The molecular formula is C22H29NO4. The maximum Gasteiger partial charge on any atom is 0.220 e. The van der Waals surface area contributed by atoms with Gasteiger partial charge in [0.2, 0.25) is 5.91 Å². The minimum atomic E-state index is -0.126. The molecule has 5 nitrogen and oxygen atoms in total. The molecule has 0 aliphatic carbocycles. The second kappa shape index (κ2) is 12.1. The van der Waals surface area contributed by atoms with Crippen LogP contribution in [0.25, 0.3) is 0 Å². The van der Waals surface area contributed by atoms with Crippen LogP contribution in [0.15, 0.2) is 54.6 Å². The molecule has 0 aromatic heterocycles. The summed E-state index contributed by atoms with van der Waals surface area (Å²) in [4.78, 5) is 12.4. The van der Waals surface area contributed by atoms with Crippen LogP contribution in [0.4, 0.5) is 0 Å². The Morgan fingerprint density at radius 2 is 1.70 bits per heavy atom. The Labute approximate surface area is 161 Å². The number of hydrogen-bond donors (Lipinski definition) is 2. The fourth-order valence-corrected chi connectivity index (χ4v) is 2.76. The average Bonchev–Trinajstić information content (AvgIpc) is 2.68. The predicted molar refractivity (Wildman–Crippen MR) is 106 cm³/mol. The van der Waals surface area contributed by atoms with Gasteiger partial charge in [-0.25, -0.2) is 0 Å². The van der Waals surface area contributed by atoms with Gasteiger partial charge in [0.1, 0.15) is 5.75 Å². The lowest BCUT2D eigenvalue weighted by Crippen LogP contribution is -2.40. The Morgan fingerprint density at radius 1 is 1.00 bits per heavy atom. The van der Waals surface area contributed by atoms with Crippen LogP contribution in [0.1, 0.15) is 24.5 Å². The third-order valence-electron chi connectivity index (χ3n) is 4.16.